The zero-order chi connectivity index (χ0) is 19.5. The average Bonchev–Trinajstić information content (AvgIpc) is 3.10. The highest BCUT2D eigenvalue weighted by Crippen LogP contribution is 2.34. The Hall–Kier alpha value is -1.73. The van der Waals surface area contributed by atoms with Gasteiger partial charge in [0.1, 0.15) is 0 Å². The van der Waals surface area contributed by atoms with Gasteiger partial charge in [0.15, 0.2) is 5.16 Å². The molecule has 0 bridgehead atoms. The average molecular weight is 416 g/mol. The summed E-state index contributed by atoms with van der Waals surface area (Å²) in [6.07, 6.45) is 4.19. The molecule has 2 aromatic rings. The highest BCUT2D eigenvalue weighted by Gasteiger charge is 2.27. The number of fused-ring (bicyclic) bond motifs is 1. The van der Waals surface area contributed by atoms with Crippen molar-refractivity contribution in [3.05, 3.63) is 51.9 Å². The molecule has 2 aliphatic heterocycles. The molecule has 0 aliphatic carbocycles. The molecule has 0 N–H and O–H groups in total. The van der Waals surface area contributed by atoms with E-state index >= 15 is 0 Å². The van der Waals surface area contributed by atoms with E-state index in [1.807, 2.05) is 35.2 Å². The van der Waals surface area contributed by atoms with Crippen LogP contribution in [0.1, 0.15) is 37.4 Å². The van der Waals surface area contributed by atoms with Crippen LogP contribution in [0.5, 0.6) is 0 Å². The van der Waals surface area contributed by atoms with E-state index in [1.54, 1.807) is 16.3 Å². The second-order valence-corrected chi connectivity index (χ2v) is 9.80. The number of benzene rings is 1. The first kappa shape index (κ1) is 19.6. The number of carbonyl (C=O) groups excluding carboxylic acids is 1. The minimum atomic E-state index is 0.0242. The van der Waals surface area contributed by atoms with Crippen molar-refractivity contribution in [1.29, 1.82) is 0 Å². The number of piperidine rings is 1. The maximum Gasteiger partial charge on any atom is 0.268 e. The van der Waals surface area contributed by atoms with Crippen molar-refractivity contribution >= 4 is 29.4 Å². The van der Waals surface area contributed by atoms with Gasteiger partial charge in [-0.05, 0) is 24.8 Å². The first-order valence-electron chi connectivity index (χ1n) is 9.86. The third kappa shape index (κ3) is 4.30. The molecule has 1 fully saturated rings. The van der Waals surface area contributed by atoms with Gasteiger partial charge in [-0.25, -0.2) is 4.98 Å². The van der Waals surface area contributed by atoms with Crippen LogP contribution in [-0.2, 0) is 17.8 Å². The second kappa shape index (κ2) is 8.74. The summed E-state index contributed by atoms with van der Waals surface area (Å²) in [5.41, 5.74) is 1.97. The van der Waals surface area contributed by atoms with Gasteiger partial charge in [0.2, 0.25) is 5.91 Å². The molecule has 0 spiro atoms. The molecule has 1 amide bonds. The highest BCUT2D eigenvalue weighted by atomic mass is 32.2. The fraction of sp³-hybridized carbons (Fsp3) is 0.476. The van der Waals surface area contributed by atoms with Gasteiger partial charge < -0.3 is 4.90 Å². The van der Waals surface area contributed by atoms with E-state index in [2.05, 4.69) is 6.92 Å². The predicted molar refractivity (Wildman–Crippen MR) is 114 cm³/mol. The fourth-order valence-corrected chi connectivity index (χ4v) is 5.74. The smallest absolute Gasteiger partial charge is 0.268 e. The van der Waals surface area contributed by atoms with Gasteiger partial charge >= 0.3 is 0 Å². The van der Waals surface area contributed by atoms with Gasteiger partial charge in [0.05, 0.1) is 22.9 Å². The summed E-state index contributed by atoms with van der Waals surface area (Å²) in [6, 6.07) is 9.96. The van der Waals surface area contributed by atoms with Crippen LogP contribution in [0.2, 0.25) is 0 Å². The summed E-state index contributed by atoms with van der Waals surface area (Å²) in [7, 11) is 0. The Balaban J connectivity index is 1.59. The van der Waals surface area contributed by atoms with Crippen LogP contribution in [0.15, 0.2) is 45.2 Å². The summed E-state index contributed by atoms with van der Waals surface area (Å²) in [4.78, 5) is 33.3. The number of amides is 1. The van der Waals surface area contributed by atoms with Crippen LogP contribution in [0, 0.1) is 0 Å². The molecule has 1 aromatic carbocycles. The van der Waals surface area contributed by atoms with Gasteiger partial charge in [0, 0.05) is 24.8 Å². The molecule has 28 heavy (non-hydrogen) atoms. The lowest BCUT2D eigenvalue weighted by molar-refractivity contribution is -0.129. The van der Waals surface area contributed by atoms with Crippen molar-refractivity contribution in [2.75, 3.05) is 18.8 Å². The standard InChI is InChI=1S/C21H25N3O2S2/c1-15-12-17-19(28-15)20(26)24(13-16-8-4-2-5-9-16)21(22-17)27-14-18(25)23-10-6-3-7-11-23/h2,4-5,8-9,15H,3,6-7,10-14H2,1H3/t15-/m1/s1. The first-order chi connectivity index (χ1) is 13.6. The summed E-state index contributed by atoms with van der Waals surface area (Å²) < 4.78 is 1.74. The number of likely N-dealkylation sites (tertiary alicyclic amines) is 1. The minimum absolute atomic E-state index is 0.0242. The zero-order valence-electron chi connectivity index (χ0n) is 16.1. The molecule has 7 heteroatoms. The van der Waals surface area contributed by atoms with Gasteiger partial charge in [-0.15, -0.1) is 11.8 Å². The number of hydrogen-bond donors (Lipinski definition) is 0. The predicted octanol–water partition coefficient (Wildman–Crippen LogP) is 3.43. The molecule has 4 rings (SSSR count). The van der Waals surface area contributed by atoms with Gasteiger partial charge in [-0.3, -0.25) is 14.2 Å². The molecule has 148 valence electrons. The Morgan fingerprint density at radius 2 is 1.96 bits per heavy atom. The largest absolute Gasteiger partial charge is 0.342 e. The van der Waals surface area contributed by atoms with E-state index < -0.39 is 0 Å². The monoisotopic (exact) mass is 415 g/mol. The number of nitrogens with zero attached hydrogens (tertiary/aromatic N) is 3. The molecular weight excluding hydrogens is 390 g/mol. The molecule has 3 heterocycles. The van der Waals surface area contributed by atoms with E-state index in [1.165, 1.54) is 18.2 Å². The quantitative estimate of drug-likeness (QED) is 0.553. The first-order valence-corrected chi connectivity index (χ1v) is 11.7. The van der Waals surface area contributed by atoms with Gasteiger partial charge in [-0.2, -0.15) is 0 Å². The van der Waals surface area contributed by atoms with Crippen molar-refractivity contribution in [3.8, 4) is 0 Å². The Morgan fingerprint density at radius 1 is 1.21 bits per heavy atom. The molecule has 5 nitrogen and oxygen atoms in total. The number of rotatable bonds is 5. The lowest BCUT2D eigenvalue weighted by atomic mass is 10.1. The number of thioether (sulfide) groups is 2. The number of carbonyl (C=O) groups is 1. The Morgan fingerprint density at radius 3 is 2.71 bits per heavy atom. The summed E-state index contributed by atoms with van der Waals surface area (Å²) in [5.74, 6) is 0.483. The van der Waals surface area contributed by atoms with E-state index in [-0.39, 0.29) is 11.5 Å². The zero-order valence-corrected chi connectivity index (χ0v) is 17.7. The lowest BCUT2D eigenvalue weighted by Gasteiger charge is -2.26. The molecular formula is C21H25N3O2S2. The highest BCUT2D eigenvalue weighted by molar-refractivity contribution is 8.00. The van der Waals surface area contributed by atoms with Crippen molar-refractivity contribution in [2.45, 2.75) is 54.5 Å². The maximum absolute atomic E-state index is 13.2. The van der Waals surface area contributed by atoms with Crippen LogP contribution in [0.25, 0.3) is 0 Å². The Labute approximate surface area is 173 Å². The van der Waals surface area contributed by atoms with Gasteiger partial charge in [-0.1, -0.05) is 49.0 Å². The van der Waals surface area contributed by atoms with Crippen LogP contribution in [0.4, 0.5) is 0 Å². The van der Waals surface area contributed by atoms with Crippen LogP contribution < -0.4 is 5.56 Å². The fourth-order valence-electron chi connectivity index (χ4n) is 3.71. The molecule has 1 atom stereocenters. The van der Waals surface area contributed by atoms with Crippen molar-refractivity contribution < 1.29 is 4.79 Å². The molecule has 0 saturated carbocycles. The van der Waals surface area contributed by atoms with Gasteiger partial charge in [0.25, 0.3) is 5.56 Å². The van der Waals surface area contributed by atoms with E-state index in [0.717, 1.165) is 48.5 Å². The van der Waals surface area contributed by atoms with Crippen molar-refractivity contribution in [2.24, 2.45) is 0 Å². The third-order valence-corrected chi connectivity index (χ3v) is 7.36. The maximum atomic E-state index is 13.2. The number of hydrogen-bond acceptors (Lipinski definition) is 5. The third-order valence-electron chi connectivity index (χ3n) is 5.18. The lowest BCUT2D eigenvalue weighted by Crippen LogP contribution is -2.37. The van der Waals surface area contributed by atoms with Crippen molar-refractivity contribution in [1.82, 2.24) is 14.5 Å². The normalized spacial score (nSPS) is 18.9. The summed E-state index contributed by atoms with van der Waals surface area (Å²) >= 11 is 3.02. The van der Waals surface area contributed by atoms with Crippen LogP contribution in [0.3, 0.4) is 0 Å². The topological polar surface area (TPSA) is 55.2 Å². The molecule has 0 unspecified atom stereocenters. The molecule has 2 aliphatic rings. The number of aromatic nitrogens is 2. The molecule has 1 aromatic heterocycles. The van der Waals surface area contributed by atoms with Crippen LogP contribution >= 0.6 is 23.5 Å². The summed E-state index contributed by atoms with van der Waals surface area (Å²) in [6.45, 7) is 4.30. The Kier molecular flexibility index (Phi) is 6.11. The Bertz CT molecular complexity index is 908. The SMILES string of the molecule is C[C@@H]1Cc2nc(SCC(=O)N3CCCCC3)n(Cc3ccccc3)c(=O)c2S1. The molecule has 0 radical (unpaired) electrons. The van der Waals surface area contributed by atoms with Crippen molar-refractivity contribution in [3.63, 3.8) is 0 Å². The summed E-state index contributed by atoms with van der Waals surface area (Å²) in [5, 5.41) is 1.03. The van der Waals surface area contributed by atoms with E-state index in [0.29, 0.717) is 22.7 Å². The molecule has 1 saturated heterocycles. The van der Waals surface area contributed by atoms with E-state index in [9.17, 15) is 9.59 Å². The minimum Gasteiger partial charge on any atom is -0.342 e. The van der Waals surface area contributed by atoms with E-state index in [4.69, 9.17) is 4.98 Å². The van der Waals surface area contributed by atoms with Crippen LogP contribution in [-0.4, -0.2) is 44.5 Å². The second-order valence-electron chi connectivity index (χ2n) is 7.41.